The molecule has 6 rings (SSSR count). The molecule has 0 bridgehead atoms. The number of nitrogens with one attached hydrogen (secondary N) is 2. The number of benzene rings is 4. The smallest absolute Gasteiger partial charge is 0.289 e. The lowest BCUT2D eigenvalue weighted by atomic mass is 10.2. The van der Waals surface area contributed by atoms with Crippen molar-refractivity contribution in [2.75, 3.05) is 10.6 Å². The fraction of sp³-hybridized carbons (Fsp3) is 0.125. The Kier molecular flexibility index (Phi) is 9.63. The number of rotatable bonds is 11. The van der Waals surface area contributed by atoms with E-state index < -0.39 is 20.6 Å². The molecule has 48 heavy (non-hydrogen) atoms. The van der Waals surface area contributed by atoms with Crippen LogP contribution in [0.2, 0.25) is 0 Å². The molecule has 2 fully saturated rings. The molecule has 242 valence electrons. The average Bonchev–Trinajstić information content (AvgIpc) is 3.54. The van der Waals surface area contributed by atoms with E-state index in [0.717, 1.165) is 34.7 Å². The normalized spacial score (nSPS) is 19.2. The summed E-state index contributed by atoms with van der Waals surface area (Å²) in [6, 6.07) is 30.4. The van der Waals surface area contributed by atoms with Gasteiger partial charge < -0.3 is 10.6 Å². The number of nitro groups is 2. The monoisotopic (exact) mass is 682 g/mol. The maximum absolute atomic E-state index is 13.4. The Bertz CT molecular complexity index is 1750. The number of thioether (sulfide) groups is 2. The molecule has 2 unspecified atom stereocenters. The van der Waals surface area contributed by atoms with Gasteiger partial charge in [-0.2, -0.15) is 0 Å². The third-order valence-electron chi connectivity index (χ3n) is 7.27. The zero-order valence-electron chi connectivity index (χ0n) is 24.9. The molecule has 2 atom stereocenters. The summed E-state index contributed by atoms with van der Waals surface area (Å²) in [6.07, 6.45) is 0. The molecule has 2 aliphatic rings. The zero-order chi connectivity index (χ0) is 33.6. The van der Waals surface area contributed by atoms with E-state index in [0.29, 0.717) is 11.4 Å². The van der Waals surface area contributed by atoms with Gasteiger partial charge in [0.1, 0.15) is 10.7 Å². The first kappa shape index (κ1) is 32.2. The quantitative estimate of drug-likeness (QED) is 0.122. The molecular formula is C32H26N8O6S2. The number of anilines is 2. The van der Waals surface area contributed by atoms with Gasteiger partial charge in [-0.15, -0.1) is 10.2 Å². The fourth-order valence-corrected chi connectivity index (χ4v) is 6.82. The van der Waals surface area contributed by atoms with Crippen molar-refractivity contribution in [3.05, 3.63) is 141 Å². The van der Waals surface area contributed by atoms with Crippen molar-refractivity contribution < 1.29 is 19.4 Å². The van der Waals surface area contributed by atoms with Crippen molar-refractivity contribution in [3.63, 3.8) is 0 Å². The van der Waals surface area contributed by atoms with Crippen molar-refractivity contribution >= 4 is 68.4 Å². The molecule has 4 aromatic carbocycles. The molecule has 0 spiro atoms. The summed E-state index contributed by atoms with van der Waals surface area (Å²) in [5.41, 5.74) is 2.63. The van der Waals surface area contributed by atoms with Crippen LogP contribution in [-0.2, 0) is 13.1 Å². The number of amidine groups is 2. The summed E-state index contributed by atoms with van der Waals surface area (Å²) in [5, 5.41) is 36.0. The van der Waals surface area contributed by atoms with Crippen molar-refractivity contribution in [3.8, 4) is 0 Å². The lowest BCUT2D eigenvalue weighted by Gasteiger charge is -2.20. The molecule has 2 aliphatic heterocycles. The third-order valence-corrected chi connectivity index (χ3v) is 9.25. The number of amides is 2. The molecule has 0 radical (unpaired) electrons. The van der Waals surface area contributed by atoms with Crippen LogP contribution in [0.25, 0.3) is 0 Å². The highest BCUT2D eigenvalue weighted by Gasteiger charge is 2.41. The van der Waals surface area contributed by atoms with E-state index >= 15 is 0 Å². The van der Waals surface area contributed by atoms with Gasteiger partial charge in [-0.25, -0.2) is 0 Å². The maximum atomic E-state index is 13.4. The zero-order valence-corrected chi connectivity index (χ0v) is 26.5. The number of hydrogen-bond donors (Lipinski definition) is 2. The summed E-state index contributed by atoms with van der Waals surface area (Å²) in [5.74, 6) is 0.551. The van der Waals surface area contributed by atoms with Crippen LogP contribution >= 0.6 is 23.5 Å². The Hall–Kier alpha value is -5.74. The summed E-state index contributed by atoms with van der Waals surface area (Å²) < 4.78 is 0. The Labute approximate surface area is 282 Å². The predicted octanol–water partition coefficient (Wildman–Crippen LogP) is 7.13. The largest absolute Gasteiger partial charge is 0.367 e. The van der Waals surface area contributed by atoms with E-state index in [4.69, 9.17) is 0 Å². The SMILES string of the molecule is O=C1SC(Nc2ccc([N+](=O)[O-])cc2)C(=NN=C2C(Nc3ccc([N+](=O)[O-])cc3)SC(=O)N2Cc2ccccc2)N1Cc1ccccc1. The number of nitro benzene ring substituents is 2. The molecule has 2 N–H and O–H groups in total. The van der Waals surface area contributed by atoms with Gasteiger partial charge in [-0.05, 0) is 58.9 Å². The van der Waals surface area contributed by atoms with Crippen LogP contribution in [0.1, 0.15) is 11.1 Å². The summed E-state index contributed by atoms with van der Waals surface area (Å²) in [6.45, 7) is 0.418. The van der Waals surface area contributed by atoms with E-state index in [9.17, 15) is 29.8 Å². The van der Waals surface area contributed by atoms with Crippen molar-refractivity contribution in [2.24, 2.45) is 10.2 Å². The number of carbonyl (C=O) groups excluding carboxylic acids is 2. The standard InChI is InChI=1S/C32H26N8O6S2/c41-31-37(19-21-7-3-1-4-8-21)27(29(47-31)33-23-11-15-25(16-12-23)39(43)44)35-36-28-30(34-24-13-17-26(18-14-24)40(45)46)48-32(42)38(28)20-22-9-5-2-6-10-22/h1-18,29-30,33-34H,19-20H2. The van der Waals surface area contributed by atoms with Gasteiger partial charge in [0.2, 0.25) is 0 Å². The molecule has 2 saturated heterocycles. The maximum Gasteiger partial charge on any atom is 0.289 e. The number of non-ortho nitro benzene ring substituents is 2. The Balaban J connectivity index is 1.37. The molecule has 0 aliphatic carbocycles. The second-order valence-corrected chi connectivity index (χ2v) is 12.6. The topological polar surface area (TPSA) is 176 Å². The minimum absolute atomic E-state index is 0.0739. The number of hydrogen-bond acceptors (Lipinski definition) is 12. The lowest BCUT2D eigenvalue weighted by Crippen LogP contribution is -2.36. The highest BCUT2D eigenvalue weighted by molar-refractivity contribution is 8.15. The van der Waals surface area contributed by atoms with E-state index in [-0.39, 0.29) is 46.6 Å². The van der Waals surface area contributed by atoms with Crippen LogP contribution in [0.5, 0.6) is 0 Å². The molecule has 4 aromatic rings. The molecule has 0 aromatic heterocycles. The molecule has 0 saturated carbocycles. The second kappa shape index (κ2) is 14.4. The summed E-state index contributed by atoms with van der Waals surface area (Å²) in [7, 11) is 0. The lowest BCUT2D eigenvalue weighted by molar-refractivity contribution is -0.385. The van der Waals surface area contributed by atoms with Gasteiger partial charge in [0.25, 0.3) is 21.9 Å². The van der Waals surface area contributed by atoms with Crippen molar-refractivity contribution in [2.45, 2.75) is 23.8 Å². The van der Waals surface area contributed by atoms with Crippen LogP contribution in [-0.4, -0.2) is 52.5 Å². The van der Waals surface area contributed by atoms with Crippen molar-refractivity contribution in [1.29, 1.82) is 0 Å². The predicted molar refractivity (Wildman–Crippen MR) is 186 cm³/mol. The van der Waals surface area contributed by atoms with E-state index in [1.807, 2.05) is 60.7 Å². The molecule has 2 amide bonds. The number of carbonyl (C=O) groups is 2. The van der Waals surface area contributed by atoms with Crippen LogP contribution in [0.4, 0.5) is 32.3 Å². The fourth-order valence-electron chi connectivity index (χ4n) is 4.89. The van der Waals surface area contributed by atoms with Gasteiger partial charge in [0.05, 0.1) is 22.9 Å². The average molecular weight is 683 g/mol. The first-order chi connectivity index (χ1) is 23.2. The first-order valence-electron chi connectivity index (χ1n) is 14.5. The summed E-state index contributed by atoms with van der Waals surface area (Å²) >= 11 is 1.97. The van der Waals surface area contributed by atoms with Crippen LogP contribution in [0.15, 0.2) is 119 Å². The Morgan fingerprint density at radius 2 is 0.938 bits per heavy atom. The van der Waals surface area contributed by atoms with Gasteiger partial charge in [-0.3, -0.25) is 39.6 Å². The van der Waals surface area contributed by atoms with Crippen LogP contribution in [0, 0.1) is 20.2 Å². The minimum atomic E-state index is -0.708. The highest BCUT2D eigenvalue weighted by atomic mass is 32.2. The first-order valence-corrected chi connectivity index (χ1v) is 16.2. The second-order valence-electron chi connectivity index (χ2n) is 10.5. The Morgan fingerprint density at radius 1 is 0.583 bits per heavy atom. The number of nitrogens with zero attached hydrogens (tertiary/aromatic N) is 6. The molecular weight excluding hydrogens is 657 g/mol. The minimum Gasteiger partial charge on any atom is -0.367 e. The van der Waals surface area contributed by atoms with E-state index in [1.165, 1.54) is 34.1 Å². The van der Waals surface area contributed by atoms with Gasteiger partial charge in [-0.1, -0.05) is 60.7 Å². The van der Waals surface area contributed by atoms with Gasteiger partial charge in [0.15, 0.2) is 11.7 Å². The van der Waals surface area contributed by atoms with Crippen LogP contribution in [0.3, 0.4) is 0 Å². The Morgan fingerprint density at radius 3 is 1.27 bits per heavy atom. The highest BCUT2D eigenvalue weighted by Crippen LogP contribution is 2.34. The van der Waals surface area contributed by atoms with E-state index in [1.54, 1.807) is 24.3 Å². The van der Waals surface area contributed by atoms with Crippen molar-refractivity contribution in [1.82, 2.24) is 9.80 Å². The van der Waals surface area contributed by atoms with Gasteiger partial charge >= 0.3 is 0 Å². The summed E-state index contributed by atoms with van der Waals surface area (Å²) in [4.78, 5) is 51.1. The van der Waals surface area contributed by atoms with Gasteiger partial charge in [0, 0.05) is 35.6 Å². The third kappa shape index (κ3) is 7.45. The van der Waals surface area contributed by atoms with Crippen LogP contribution < -0.4 is 10.6 Å². The molecule has 16 heteroatoms. The molecule has 2 heterocycles. The van der Waals surface area contributed by atoms with E-state index in [2.05, 4.69) is 20.8 Å². The molecule has 14 nitrogen and oxygen atoms in total.